The number of fused-ring (bicyclic) bond motifs is 2. The number of nitrogen functional groups attached to an aromatic ring is 1. The average molecular weight is 455 g/mol. The molecule has 0 saturated heterocycles. The van der Waals surface area contributed by atoms with Crippen molar-refractivity contribution >= 4 is 26.7 Å². The molecular formula is C25H34N4O2S. The molecule has 3 aromatic rings. The molecule has 0 amide bonds. The van der Waals surface area contributed by atoms with Gasteiger partial charge in [0.2, 0.25) is 0 Å². The molecule has 4 rings (SSSR count). The van der Waals surface area contributed by atoms with Gasteiger partial charge < -0.3 is 27.0 Å². The second kappa shape index (κ2) is 10.5. The summed E-state index contributed by atoms with van der Waals surface area (Å²) in [5, 5.41) is 24.1. The molecule has 0 bridgehead atoms. The molecule has 32 heavy (non-hydrogen) atoms. The standard InChI is InChI=1S/C25H34N4O2S/c26-20-9-7-19-17(8-11-22(30)24(19)31)18(20)5-3-1-2-4-13-28-14-12-16-6-10-21-23(15-16)32-25(27)29-21/h6,8,10-11,15,18,20,28,30-31H,1-5,7,9,12-14,26H2,(H2,27,29). The fourth-order valence-corrected chi connectivity index (χ4v) is 5.63. The highest BCUT2D eigenvalue weighted by Gasteiger charge is 2.29. The Morgan fingerprint density at radius 3 is 2.78 bits per heavy atom. The molecular weight excluding hydrogens is 420 g/mol. The highest BCUT2D eigenvalue weighted by atomic mass is 32.1. The quantitative estimate of drug-likeness (QED) is 0.228. The lowest BCUT2D eigenvalue weighted by Gasteiger charge is -2.32. The Hall–Kier alpha value is -2.35. The maximum Gasteiger partial charge on any atom is 0.181 e. The maximum atomic E-state index is 10.2. The van der Waals surface area contributed by atoms with Gasteiger partial charge in [-0.15, -0.1) is 0 Å². The van der Waals surface area contributed by atoms with E-state index in [1.165, 1.54) is 24.8 Å². The maximum absolute atomic E-state index is 10.2. The van der Waals surface area contributed by atoms with E-state index >= 15 is 0 Å². The average Bonchev–Trinajstić information content (AvgIpc) is 3.15. The fraction of sp³-hybridized carbons (Fsp3) is 0.480. The van der Waals surface area contributed by atoms with Gasteiger partial charge in [0.25, 0.3) is 0 Å². The number of phenols is 2. The van der Waals surface area contributed by atoms with Gasteiger partial charge in [0.15, 0.2) is 16.6 Å². The number of thiazole rings is 1. The minimum atomic E-state index is -0.0285. The summed E-state index contributed by atoms with van der Waals surface area (Å²) in [6, 6.07) is 10.1. The molecule has 6 nitrogen and oxygen atoms in total. The molecule has 2 atom stereocenters. The van der Waals surface area contributed by atoms with Crippen LogP contribution in [-0.2, 0) is 12.8 Å². The van der Waals surface area contributed by atoms with Crippen molar-refractivity contribution in [1.82, 2.24) is 10.3 Å². The van der Waals surface area contributed by atoms with Crippen molar-refractivity contribution in [2.75, 3.05) is 18.8 Å². The second-order valence-corrected chi connectivity index (χ2v) is 9.93. The number of anilines is 1. The van der Waals surface area contributed by atoms with Crippen molar-refractivity contribution in [3.63, 3.8) is 0 Å². The van der Waals surface area contributed by atoms with Crippen LogP contribution in [0.15, 0.2) is 30.3 Å². The SMILES string of the molecule is Nc1nc2ccc(CCNCCCCCCC3c4ccc(O)c(O)c4CCC3N)cc2s1. The molecule has 0 spiro atoms. The number of phenolic OH excluding ortho intramolecular Hbond substituents is 2. The number of nitrogens with two attached hydrogens (primary N) is 2. The summed E-state index contributed by atoms with van der Waals surface area (Å²) < 4.78 is 1.16. The lowest BCUT2D eigenvalue weighted by Crippen LogP contribution is -2.33. The van der Waals surface area contributed by atoms with Gasteiger partial charge >= 0.3 is 0 Å². The Labute approximate surface area is 193 Å². The van der Waals surface area contributed by atoms with Crippen LogP contribution in [0.1, 0.15) is 61.1 Å². The van der Waals surface area contributed by atoms with Crippen molar-refractivity contribution in [2.24, 2.45) is 5.73 Å². The first-order chi connectivity index (χ1) is 15.5. The third kappa shape index (κ3) is 5.34. The molecule has 0 fully saturated rings. The number of aromatic hydroxyl groups is 2. The highest BCUT2D eigenvalue weighted by Crippen LogP contribution is 2.42. The van der Waals surface area contributed by atoms with E-state index in [1.807, 2.05) is 6.07 Å². The van der Waals surface area contributed by atoms with E-state index in [0.29, 0.717) is 5.13 Å². The van der Waals surface area contributed by atoms with Gasteiger partial charge in [-0.1, -0.05) is 42.7 Å². The van der Waals surface area contributed by atoms with Gasteiger partial charge in [0.05, 0.1) is 10.2 Å². The lowest BCUT2D eigenvalue weighted by atomic mass is 9.76. The first-order valence-electron chi connectivity index (χ1n) is 11.7. The Morgan fingerprint density at radius 1 is 1.06 bits per heavy atom. The molecule has 0 radical (unpaired) electrons. The van der Waals surface area contributed by atoms with E-state index in [0.717, 1.165) is 66.5 Å². The minimum Gasteiger partial charge on any atom is -0.504 e. The van der Waals surface area contributed by atoms with Gasteiger partial charge in [0, 0.05) is 11.6 Å². The molecule has 2 unspecified atom stereocenters. The predicted octanol–water partition coefficient (Wildman–Crippen LogP) is 4.43. The number of nitrogens with zero attached hydrogens (tertiary/aromatic N) is 1. The highest BCUT2D eigenvalue weighted by molar-refractivity contribution is 7.22. The number of nitrogens with one attached hydrogen (secondary N) is 1. The third-order valence-electron chi connectivity index (χ3n) is 6.62. The van der Waals surface area contributed by atoms with E-state index in [2.05, 4.69) is 28.5 Å². The Balaban J connectivity index is 1.12. The van der Waals surface area contributed by atoms with Crippen LogP contribution in [0.4, 0.5) is 5.13 Å². The molecule has 1 heterocycles. The zero-order chi connectivity index (χ0) is 22.5. The summed E-state index contributed by atoms with van der Waals surface area (Å²) >= 11 is 1.54. The molecule has 172 valence electrons. The van der Waals surface area contributed by atoms with E-state index in [-0.39, 0.29) is 23.5 Å². The molecule has 0 aliphatic heterocycles. The number of unbranched alkanes of at least 4 members (excludes halogenated alkanes) is 3. The number of rotatable bonds is 10. The van der Waals surface area contributed by atoms with Gasteiger partial charge in [-0.25, -0.2) is 4.98 Å². The first kappa shape index (κ1) is 22.8. The zero-order valence-corrected chi connectivity index (χ0v) is 19.3. The van der Waals surface area contributed by atoms with Crippen LogP contribution in [0.5, 0.6) is 11.5 Å². The Kier molecular flexibility index (Phi) is 7.50. The van der Waals surface area contributed by atoms with Gasteiger partial charge in [-0.2, -0.15) is 0 Å². The molecule has 0 saturated carbocycles. The molecule has 7 heteroatoms. The van der Waals surface area contributed by atoms with Crippen molar-refractivity contribution < 1.29 is 10.2 Å². The molecule has 1 aliphatic carbocycles. The first-order valence-corrected chi connectivity index (χ1v) is 12.5. The van der Waals surface area contributed by atoms with Crippen LogP contribution in [0, 0.1) is 0 Å². The topological polar surface area (TPSA) is 117 Å². The molecule has 7 N–H and O–H groups in total. The normalized spacial score (nSPS) is 18.2. The van der Waals surface area contributed by atoms with Crippen LogP contribution in [0.2, 0.25) is 0 Å². The van der Waals surface area contributed by atoms with Crippen LogP contribution >= 0.6 is 11.3 Å². The number of hydrogen-bond acceptors (Lipinski definition) is 7. The number of benzene rings is 2. The van der Waals surface area contributed by atoms with Crippen LogP contribution in [0.25, 0.3) is 10.2 Å². The fourth-order valence-electron chi connectivity index (χ4n) is 4.83. The summed E-state index contributed by atoms with van der Waals surface area (Å²) in [4.78, 5) is 4.30. The van der Waals surface area contributed by atoms with E-state index in [1.54, 1.807) is 17.4 Å². The largest absolute Gasteiger partial charge is 0.504 e. The van der Waals surface area contributed by atoms with Crippen LogP contribution in [-0.4, -0.2) is 34.3 Å². The summed E-state index contributed by atoms with van der Waals surface area (Å²) in [6.45, 7) is 2.01. The molecule has 1 aromatic heterocycles. The van der Waals surface area contributed by atoms with Crippen molar-refractivity contribution in [2.45, 2.75) is 63.3 Å². The smallest absolute Gasteiger partial charge is 0.181 e. The van der Waals surface area contributed by atoms with E-state index in [9.17, 15) is 10.2 Å². The summed E-state index contributed by atoms with van der Waals surface area (Å²) in [5.41, 5.74) is 16.5. The van der Waals surface area contributed by atoms with E-state index < -0.39 is 0 Å². The van der Waals surface area contributed by atoms with Crippen molar-refractivity contribution in [1.29, 1.82) is 0 Å². The summed E-state index contributed by atoms with van der Waals surface area (Å²) in [7, 11) is 0. The van der Waals surface area contributed by atoms with Gasteiger partial charge in [0.1, 0.15) is 0 Å². The van der Waals surface area contributed by atoms with Crippen LogP contribution < -0.4 is 16.8 Å². The Bertz CT molecular complexity index is 1050. The zero-order valence-electron chi connectivity index (χ0n) is 18.5. The predicted molar refractivity (Wildman–Crippen MR) is 133 cm³/mol. The van der Waals surface area contributed by atoms with E-state index in [4.69, 9.17) is 11.5 Å². The molecule has 2 aromatic carbocycles. The second-order valence-electron chi connectivity index (χ2n) is 8.87. The molecule has 1 aliphatic rings. The lowest BCUT2D eigenvalue weighted by molar-refractivity contribution is 0.380. The van der Waals surface area contributed by atoms with Crippen molar-refractivity contribution in [3.8, 4) is 11.5 Å². The van der Waals surface area contributed by atoms with Gasteiger partial charge in [-0.3, -0.25) is 0 Å². The van der Waals surface area contributed by atoms with Crippen molar-refractivity contribution in [3.05, 3.63) is 47.0 Å². The third-order valence-corrected chi connectivity index (χ3v) is 7.47. The van der Waals surface area contributed by atoms with Crippen LogP contribution in [0.3, 0.4) is 0 Å². The summed E-state index contributed by atoms with van der Waals surface area (Å²) in [5.74, 6) is 0.287. The number of aromatic nitrogens is 1. The minimum absolute atomic E-state index is 0.0285. The van der Waals surface area contributed by atoms with Gasteiger partial charge in [-0.05, 0) is 80.4 Å². The number of hydrogen-bond donors (Lipinski definition) is 5. The monoisotopic (exact) mass is 454 g/mol. The summed E-state index contributed by atoms with van der Waals surface area (Å²) in [6.07, 6.45) is 8.35. The Morgan fingerprint density at radius 2 is 1.91 bits per heavy atom.